The van der Waals surface area contributed by atoms with E-state index in [0.717, 1.165) is 11.1 Å². The predicted octanol–water partition coefficient (Wildman–Crippen LogP) is 3.53. The van der Waals surface area contributed by atoms with Crippen molar-refractivity contribution >= 4 is 18.0 Å². The first-order chi connectivity index (χ1) is 14.9. The standard InChI is InChI=1S/C24H28N2O5/c1-15(22(27)26-16(2)23(28)29)8-7-13-25-24(30)31-14-21-19-11-5-3-9-17(19)18-10-4-6-12-20(18)21/h3-6,9-12,15-16,21H,7-8,13-14H2,1-2H3,(H,25,30)(H,26,27)(H,28,29)/t15?,16-/m0/s1. The Labute approximate surface area is 181 Å². The van der Waals surface area contributed by atoms with Gasteiger partial charge >= 0.3 is 12.1 Å². The van der Waals surface area contributed by atoms with Crippen LogP contribution in [0.25, 0.3) is 11.1 Å². The Hall–Kier alpha value is -3.35. The lowest BCUT2D eigenvalue weighted by atomic mass is 9.98. The molecule has 1 unspecified atom stereocenters. The Morgan fingerprint density at radius 2 is 1.58 bits per heavy atom. The van der Waals surface area contributed by atoms with Gasteiger partial charge < -0.3 is 20.5 Å². The van der Waals surface area contributed by atoms with E-state index in [2.05, 4.69) is 34.9 Å². The molecule has 1 aliphatic rings. The number of carboxylic acids is 1. The summed E-state index contributed by atoms with van der Waals surface area (Å²) >= 11 is 0. The minimum atomic E-state index is -1.07. The monoisotopic (exact) mass is 424 g/mol. The number of nitrogens with one attached hydrogen (secondary N) is 2. The lowest BCUT2D eigenvalue weighted by Gasteiger charge is -2.16. The van der Waals surface area contributed by atoms with Crippen molar-refractivity contribution in [1.29, 1.82) is 0 Å². The molecular formula is C24H28N2O5. The number of carbonyl (C=O) groups is 3. The molecule has 2 aromatic carbocycles. The maximum absolute atomic E-state index is 12.1. The van der Waals surface area contributed by atoms with Crippen LogP contribution in [0.1, 0.15) is 43.7 Å². The van der Waals surface area contributed by atoms with Gasteiger partial charge in [0.1, 0.15) is 12.6 Å². The first-order valence-electron chi connectivity index (χ1n) is 10.5. The van der Waals surface area contributed by atoms with E-state index in [-0.39, 0.29) is 24.3 Å². The summed E-state index contributed by atoms with van der Waals surface area (Å²) in [5.74, 6) is -1.71. The van der Waals surface area contributed by atoms with Gasteiger partial charge in [0.25, 0.3) is 0 Å². The summed E-state index contributed by atoms with van der Waals surface area (Å²) in [4.78, 5) is 34.9. The molecule has 3 rings (SSSR count). The first-order valence-corrected chi connectivity index (χ1v) is 10.5. The van der Waals surface area contributed by atoms with Crippen LogP contribution in [-0.4, -0.2) is 42.3 Å². The van der Waals surface area contributed by atoms with Crippen LogP contribution in [0, 0.1) is 5.92 Å². The third kappa shape index (κ3) is 5.42. The lowest BCUT2D eigenvalue weighted by Crippen LogP contribution is -2.41. The van der Waals surface area contributed by atoms with Crippen LogP contribution in [0.2, 0.25) is 0 Å². The average Bonchev–Trinajstić information content (AvgIpc) is 3.08. The highest BCUT2D eigenvalue weighted by Crippen LogP contribution is 2.44. The highest BCUT2D eigenvalue weighted by Gasteiger charge is 2.29. The number of carboxylic acid groups (broad SMARTS) is 1. The van der Waals surface area contributed by atoms with Gasteiger partial charge in [-0.05, 0) is 42.0 Å². The Morgan fingerprint density at radius 3 is 2.16 bits per heavy atom. The molecule has 0 saturated carbocycles. The topological polar surface area (TPSA) is 105 Å². The fourth-order valence-electron chi connectivity index (χ4n) is 3.80. The summed E-state index contributed by atoms with van der Waals surface area (Å²) in [6.07, 6.45) is 0.626. The van der Waals surface area contributed by atoms with E-state index in [9.17, 15) is 14.4 Å². The van der Waals surface area contributed by atoms with Crippen molar-refractivity contribution in [1.82, 2.24) is 10.6 Å². The number of benzene rings is 2. The van der Waals surface area contributed by atoms with Gasteiger partial charge in [0.15, 0.2) is 0 Å². The lowest BCUT2D eigenvalue weighted by molar-refractivity contribution is -0.141. The van der Waals surface area contributed by atoms with E-state index in [0.29, 0.717) is 19.4 Å². The van der Waals surface area contributed by atoms with Gasteiger partial charge in [-0.15, -0.1) is 0 Å². The normalized spacial score (nSPS) is 14.1. The SMILES string of the molecule is CC(CCCNC(=O)OCC1c2ccccc2-c2ccccc21)C(=O)N[C@@H](C)C(=O)O. The number of carbonyl (C=O) groups excluding carboxylic acids is 2. The summed E-state index contributed by atoms with van der Waals surface area (Å²) in [7, 11) is 0. The Balaban J connectivity index is 1.42. The molecule has 0 radical (unpaired) electrons. The highest BCUT2D eigenvalue weighted by molar-refractivity contribution is 5.84. The maximum atomic E-state index is 12.1. The molecule has 0 saturated heterocycles. The van der Waals surface area contributed by atoms with Crippen molar-refractivity contribution < 1.29 is 24.2 Å². The summed E-state index contributed by atoms with van der Waals surface area (Å²) in [5, 5.41) is 14.0. The molecule has 1 aliphatic carbocycles. The Bertz CT molecular complexity index is 913. The van der Waals surface area contributed by atoms with E-state index in [1.165, 1.54) is 18.1 Å². The molecule has 0 spiro atoms. The molecule has 0 aromatic heterocycles. The van der Waals surface area contributed by atoms with Gasteiger partial charge in [0, 0.05) is 18.4 Å². The Kier molecular flexibility index (Phi) is 7.28. The van der Waals surface area contributed by atoms with Crippen LogP contribution >= 0.6 is 0 Å². The second-order valence-electron chi connectivity index (χ2n) is 7.86. The van der Waals surface area contributed by atoms with Crippen molar-refractivity contribution in [2.75, 3.05) is 13.2 Å². The quantitative estimate of drug-likeness (QED) is 0.534. The van der Waals surface area contributed by atoms with Crippen LogP contribution in [0.5, 0.6) is 0 Å². The number of hydrogen-bond donors (Lipinski definition) is 3. The number of aliphatic carboxylic acids is 1. The molecule has 0 bridgehead atoms. The molecule has 3 N–H and O–H groups in total. The van der Waals surface area contributed by atoms with Crippen molar-refractivity contribution in [3.8, 4) is 11.1 Å². The van der Waals surface area contributed by atoms with Crippen LogP contribution in [0.4, 0.5) is 4.79 Å². The Morgan fingerprint density at radius 1 is 1.00 bits per heavy atom. The predicted molar refractivity (Wildman–Crippen MR) is 117 cm³/mol. The van der Waals surface area contributed by atoms with E-state index in [1.54, 1.807) is 6.92 Å². The highest BCUT2D eigenvalue weighted by atomic mass is 16.5. The second kappa shape index (κ2) is 10.1. The molecule has 7 heteroatoms. The van der Waals surface area contributed by atoms with Crippen molar-refractivity contribution in [2.24, 2.45) is 5.92 Å². The molecule has 0 heterocycles. The van der Waals surface area contributed by atoms with Crippen LogP contribution < -0.4 is 10.6 Å². The zero-order valence-electron chi connectivity index (χ0n) is 17.8. The largest absolute Gasteiger partial charge is 0.480 e. The zero-order valence-corrected chi connectivity index (χ0v) is 17.8. The van der Waals surface area contributed by atoms with E-state index in [4.69, 9.17) is 9.84 Å². The number of amides is 2. The number of rotatable bonds is 9. The summed E-state index contributed by atoms with van der Waals surface area (Å²) in [6.45, 7) is 3.79. The molecule has 0 aliphatic heterocycles. The van der Waals surface area contributed by atoms with Crippen LogP contribution in [-0.2, 0) is 14.3 Å². The fourth-order valence-corrected chi connectivity index (χ4v) is 3.80. The number of alkyl carbamates (subject to hydrolysis) is 1. The number of hydrogen-bond acceptors (Lipinski definition) is 4. The van der Waals surface area contributed by atoms with Crippen LogP contribution in [0.15, 0.2) is 48.5 Å². The maximum Gasteiger partial charge on any atom is 0.407 e. The summed E-state index contributed by atoms with van der Waals surface area (Å²) in [6, 6.07) is 15.4. The molecule has 164 valence electrons. The fraction of sp³-hybridized carbons (Fsp3) is 0.375. The van der Waals surface area contributed by atoms with Gasteiger partial charge in [-0.1, -0.05) is 55.5 Å². The van der Waals surface area contributed by atoms with Gasteiger partial charge in [-0.3, -0.25) is 9.59 Å². The van der Waals surface area contributed by atoms with E-state index < -0.39 is 18.1 Å². The van der Waals surface area contributed by atoms with E-state index >= 15 is 0 Å². The molecule has 2 atom stereocenters. The van der Waals surface area contributed by atoms with Gasteiger partial charge in [0.05, 0.1) is 0 Å². The minimum Gasteiger partial charge on any atom is -0.480 e. The van der Waals surface area contributed by atoms with Gasteiger partial charge in [0.2, 0.25) is 5.91 Å². The third-order valence-electron chi connectivity index (χ3n) is 5.60. The van der Waals surface area contributed by atoms with Crippen molar-refractivity contribution in [3.63, 3.8) is 0 Å². The summed E-state index contributed by atoms with van der Waals surface area (Å²) in [5.41, 5.74) is 4.67. The first kappa shape index (κ1) is 22.3. The average molecular weight is 424 g/mol. The molecule has 2 amide bonds. The second-order valence-corrected chi connectivity index (χ2v) is 7.86. The van der Waals surface area contributed by atoms with Gasteiger partial charge in [-0.25, -0.2) is 4.79 Å². The number of fused-ring (bicyclic) bond motifs is 3. The molecule has 2 aromatic rings. The smallest absolute Gasteiger partial charge is 0.407 e. The van der Waals surface area contributed by atoms with Gasteiger partial charge in [-0.2, -0.15) is 0 Å². The van der Waals surface area contributed by atoms with Crippen LogP contribution in [0.3, 0.4) is 0 Å². The van der Waals surface area contributed by atoms with Crippen molar-refractivity contribution in [2.45, 2.75) is 38.6 Å². The molecular weight excluding hydrogens is 396 g/mol. The van der Waals surface area contributed by atoms with Crippen molar-refractivity contribution in [3.05, 3.63) is 59.7 Å². The summed E-state index contributed by atoms with van der Waals surface area (Å²) < 4.78 is 5.48. The van der Waals surface area contributed by atoms with E-state index in [1.807, 2.05) is 24.3 Å². The number of ether oxygens (including phenoxy) is 1. The molecule has 31 heavy (non-hydrogen) atoms. The molecule has 0 fully saturated rings. The molecule has 7 nitrogen and oxygen atoms in total. The minimum absolute atomic E-state index is 0.0121. The third-order valence-corrected chi connectivity index (χ3v) is 5.60. The zero-order chi connectivity index (χ0) is 22.4.